The van der Waals surface area contributed by atoms with Gasteiger partial charge in [-0.2, -0.15) is 0 Å². The molecule has 1 rings (SSSR count). The highest BCUT2D eigenvalue weighted by atomic mass is 19.1. The SMILES string of the molecule is CCNC(CCN(CC)c1cccc(F)c1)C(C)(C)C. The lowest BCUT2D eigenvalue weighted by Crippen LogP contribution is -2.42. The summed E-state index contributed by atoms with van der Waals surface area (Å²) >= 11 is 0. The van der Waals surface area contributed by atoms with Gasteiger partial charge in [0.25, 0.3) is 0 Å². The van der Waals surface area contributed by atoms with Gasteiger partial charge in [0.15, 0.2) is 0 Å². The second-order valence-electron chi connectivity index (χ2n) is 6.32. The minimum Gasteiger partial charge on any atom is -0.372 e. The van der Waals surface area contributed by atoms with E-state index < -0.39 is 0 Å². The number of hydrogen-bond acceptors (Lipinski definition) is 2. The summed E-state index contributed by atoms with van der Waals surface area (Å²) in [4.78, 5) is 2.24. The summed E-state index contributed by atoms with van der Waals surface area (Å²) < 4.78 is 13.3. The number of rotatable bonds is 7. The molecule has 3 heteroatoms. The molecule has 0 aromatic heterocycles. The summed E-state index contributed by atoms with van der Waals surface area (Å²) in [6, 6.07) is 7.33. The summed E-state index contributed by atoms with van der Waals surface area (Å²) in [7, 11) is 0. The van der Waals surface area contributed by atoms with Gasteiger partial charge in [-0.25, -0.2) is 4.39 Å². The Morgan fingerprint density at radius 2 is 1.95 bits per heavy atom. The minimum absolute atomic E-state index is 0.167. The number of nitrogens with one attached hydrogen (secondary N) is 1. The van der Waals surface area contributed by atoms with Crippen molar-refractivity contribution >= 4 is 5.69 Å². The van der Waals surface area contributed by atoms with E-state index in [2.05, 4.69) is 44.8 Å². The van der Waals surface area contributed by atoms with Gasteiger partial charge in [0.1, 0.15) is 5.82 Å². The van der Waals surface area contributed by atoms with E-state index in [0.717, 1.165) is 31.7 Å². The molecule has 0 aliphatic heterocycles. The Labute approximate surface area is 123 Å². The van der Waals surface area contributed by atoms with Gasteiger partial charge in [-0.15, -0.1) is 0 Å². The number of anilines is 1. The van der Waals surface area contributed by atoms with Gasteiger partial charge >= 0.3 is 0 Å². The zero-order valence-electron chi connectivity index (χ0n) is 13.5. The zero-order valence-corrected chi connectivity index (χ0v) is 13.5. The van der Waals surface area contributed by atoms with Gasteiger partial charge in [-0.3, -0.25) is 0 Å². The van der Waals surface area contributed by atoms with E-state index in [1.807, 2.05) is 6.07 Å². The Morgan fingerprint density at radius 3 is 2.45 bits per heavy atom. The Kier molecular flexibility index (Phi) is 6.47. The molecule has 0 aliphatic carbocycles. The third-order valence-corrected chi connectivity index (χ3v) is 3.74. The van der Waals surface area contributed by atoms with Gasteiger partial charge in [-0.1, -0.05) is 33.8 Å². The van der Waals surface area contributed by atoms with E-state index in [-0.39, 0.29) is 11.2 Å². The standard InChI is InChI=1S/C17H29FN2/c1-6-19-16(17(3,4)5)11-12-20(7-2)15-10-8-9-14(18)13-15/h8-10,13,16,19H,6-7,11-12H2,1-5H3. The monoisotopic (exact) mass is 280 g/mol. The van der Waals surface area contributed by atoms with Crippen LogP contribution in [0, 0.1) is 11.2 Å². The van der Waals surface area contributed by atoms with Gasteiger partial charge < -0.3 is 10.2 Å². The molecular formula is C17H29FN2. The lowest BCUT2D eigenvalue weighted by atomic mass is 9.84. The topological polar surface area (TPSA) is 15.3 Å². The average molecular weight is 280 g/mol. The van der Waals surface area contributed by atoms with Crippen molar-refractivity contribution in [1.82, 2.24) is 5.32 Å². The Balaban J connectivity index is 2.69. The number of benzene rings is 1. The minimum atomic E-state index is -0.167. The molecule has 1 N–H and O–H groups in total. The number of hydrogen-bond donors (Lipinski definition) is 1. The summed E-state index contributed by atoms with van der Waals surface area (Å²) in [6.45, 7) is 13.9. The smallest absolute Gasteiger partial charge is 0.125 e. The molecule has 1 unspecified atom stereocenters. The second-order valence-corrected chi connectivity index (χ2v) is 6.32. The molecule has 0 heterocycles. The molecule has 0 amide bonds. The highest BCUT2D eigenvalue weighted by Gasteiger charge is 2.23. The first kappa shape index (κ1) is 17.0. The quantitative estimate of drug-likeness (QED) is 0.810. The number of nitrogens with zero attached hydrogens (tertiary/aromatic N) is 1. The van der Waals surface area contributed by atoms with Crippen LogP contribution in [0.2, 0.25) is 0 Å². The molecule has 20 heavy (non-hydrogen) atoms. The summed E-state index contributed by atoms with van der Waals surface area (Å²) in [5.41, 5.74) is 1.20. The van der Waals surface area contributed by atoms with Crippen LogP contribution in [0.3, 0.4) is 0 Å². The number of halogens is 1. The highest BCUT2D eigenvalue weighted by molar-refractivity contribution is 5.46. The Bertz CT molecular complexity index is 398. The van der Waals surface area contributed by atoms with Crippen molar-refractivity contribution in [1.29, 1.82) is 0 Å². The van der Waals surface area contributed by atoms with Crippen molar-refractivity contribution in [2.75, 3.05) is 24.5 Å². The molecule has 114 valence electrons. The molecule has 1 atom stereocenters. The van der Waals surface area contributed by atoms with Crippen LogP contribution in [-0.2, 0) is 0 Å². The molecule has 0 saturated carbocycles. The first-order valence-corrected chi connectivity index (χ1v) is 7.62. The van der Waals surface area contributed by atoms with Crippen molar-refractivity contribution in [3.8, 4) is 0 Å². The van der Waals surface area contributed by atoms with E-state index in [0.29, 0.717) is 6.04 Å². The Hall–Kier alpha value is -1.09. The lowest BCUT2D eigenvalue weighted by molar-refractivity contribution is 0.260. The van der Waals surface area contributed by atoms with Crippen LogP contribution < -0.4 is 10.2 Å². The summed E-state index contributed by atoms with van der Waals surface area (Å²) in [5, 5.41) is 3.56. The predicted molar refractivity (Wildman–Crippen MR) is 85.8 cm³/mol. The third-order valence-electron chi connectivity index (χ3n) is 3.74. The average Bonchev–Trinajstić information content (AvgIpc) is 2.37. The highest BCUT2D eigenvalue weighted by Crippen LogP contribution is 2.23. The Morgan fingerprint density at radius 1 is 1.25 bits per heavy atom. The van der Waals surface area contributed by atoms with Gasteiger partial charge in [0, 0.05) is 24.8 Å². The fourth-order valence-electron chi connectivity index (χ4n) is 2.52. The first-order chi connectivity index (χ1) is 9.38. The van der Waals surface area contributed by atoms with E-state index in [1.165, 1.54) is 6.07 Å². The van der Waals surface area contributed by atoms with Gasteiger partial charge in [0.2, 0.25) is 0 Å². The molecule has 1 aromatic rings. The van der Waals surface area contributed by atoms with Crippen LogP contribution in [0.5, 0.6) is 0 Å². The predicted octanol–water partition coefficient (Wildman–Crippen LogP) is 4.07. The maximum absolute atomic E-state index is 13.3. The summed E-state index contributed by atoms with van der Waals surface area (Å²) in [6.07, 6.45) is 1.06. The van der Waals surface area contributed by atoms with Crippen LogP contribution in [0.15, 0.2) is 24.3 Å². The maximum Gasteiger partial charge on any atom is 0.125 e. The second kappa shape index (κ2) is 7.63. The molecule has 0 radical (unpaired) electrons. The van der Waals surface area contributed by atoms with Gasteiger partial charge in [-0.05, 0) is 43.5 Å². The van der Waals surface area contributed by atoms with Gasteiger partial charge in [0.05, 0.1) is 0 Å². The van der Waals surface area contributed by atoms with Crippen molar-refractivity contribution in [2.24, 2.45) is 5.41 Å². The first-order valence-electron chi connectivity index (χ1n) is 7.62. The maximum atomic E-state index is 13.3. The summed E-state index contributed by atoms with van der Waals surface area (Å²) in [5.74, 6) is -0.167. The van der Waals surface area contributed by atoms with Crippen LogP contribution in [0.25, 0.3) is 0 Å². The molecular weight excluding hydrogens is 251 g/mol. The van der Waals surface area contributed by atoms with Crippen LogP contribution in [0.1, 0.15) is 41.0 Å². The zero-order chi connectivity index (χ0) is 15.2. The molecule has 0 fully saturated rings. The molecule has 0 aliphatic rings. The molecule has 2 nitrogen and oxygen atoms in total. The lowest BCUT2D eigenvalue weighted by Gasteiger charge is -2.34. The molecule has 0 spiro atoms. The van der Waals surface area contributed by atoms with Crippen molar-refractivity contribution in [3.63, 3.8) is 0 Å². The van der Waals surface area contributed by atoms with E-state index in [9.17, 15) is 4.39 Å². The normalized spacial score (nSPS) is 13.3. The largest absolute Gasteiger partial charge is 0.372 e. The molecule has 0 bridgehead atoms. The van der Waals surface area contributed by atoms with Crippen LogP contribution >= 0.6 is 0 Å². The van der Waals surface area contributed by atoms with E-state index >= 15 is 0 Å². The van der Waals surface area contributed by atoms with E-state index in [4.69, 9.17) is 0 Å². The fraction of sp³-hybridized carbons (Fsp3) is 0.647. The van der Waals surface area contributed by atoms with E-state index in [1.54, 1.807) is 12.1 Å². The fourth-order valence-corrected chi connectivity index (χ4v) is 2.52. The molecule has 1 aromatic carbocycles. The molecule has 0 saturated heterocycles. The van der Waals surface area contributed by atoms with Crippen molar-refractivity contribution in [3.05, 3.63) is 30.1 Å². The van der Waals surface area contributed by atoms with Crippen LogP contribution in [0.4, 0.5) is 10.1 Å². The van der Waals surface area contributed by atoms with Crippen LogP contribution in [-0.4, -0.2) is 25.7 Å². The van der Waals surface area contributed by atoms with Crippen molar-refractivity contribution in [2.45, 2.75) is 47.1 Å². The third kappa shape index (κ3) is 5.12. The van der Waals surface area contributed by atoms with Crippen molar-refractivity contribution < 1.29 is 4.39 Å².